The number of ether oxygens (including phenoxy) is 1. The predicted molar refractivity (Wildman–Crippen MR) is 65.8 cm³/mol. The van der Waals surface area contributed by atoms with Gasteiger partial charge in [0.15, 0.2) is 5.78 Å². The number of ketones is 1. The maximum absolute atomic E-state index is 12.1. The fourth-order valence-corrected chi connectivity index (χ4v) is 1.96. The number of hydrogen-bond donors (Lipinski definition) is 1. The molecule has 1 aromatic rings. The second-order valence-corrected chi connectivity index (χ2v) is 4.75. The number of carbonyl (C=O) groups excluding carboxylic acids is 1. The third-order valence-corrected chi connectivity index (χ3v) is 3.55. The lowest BCUT2D eigenvalue weighted by atomic mass is 10.0. The van der Waals surface area contributed by atoms with Crippen LogP contribution in [-0.2, 0) is 4.74 Å². The van der Waals surface area contributed by atoms with Crippen LogP contribution >= 0.6 is 15.9 Å². The van der Waals surface area contributed by atoms with Gasteiger partial charge in [-0.05, 0) is 24.6 Å². The molecular weight excluding hydrogens is 270 g/mol. The van der Waals surface area contributed by atoms with Gasteiger partial charge in [0.1, 0.15) is 6.10 Å². The van der Waals surface area contributed by atoms with Crippen molar-refractivity contribution in [1.82, 2.24) is 5.32 Å². The van der Waals surface area contributed by atoms with Gasteiger partial charge in [-0.15, -0.1) is 0 Å². The average molecular weight is 284 g/mol. The highest BCUT2D eigenvalue weighted by Crippen LogP contribution is 2.18. The molecule has 0 spiro atoms. The SMILES string of the molecule is Cc1cc(C(=O)[C@H]2CNCCO2)ccc1Br. The van der Waals surface area contributed by atoms with E-state index in [2.05, 4.69) is 21.2 Å². The number of hydrogen-bond acceptors (Lipinski definition) is 3. The molecule has 1 atom stereocenters. The predicted octanol–water partition coefficient (Wildman–Crippen LogP) is 1.93. The Labute approximate surface area is 103 Å². The van der Waals surface area contributed by atoms with Crippen molar-refractivity contribution < 1.29 is 9.53 Å². The smallest absolute Gasteiger partial charge is 0.192 e. The zero-order chi connectivity index (χ0) is 11.5. The minimum Gasteiger partial charge on any atom is -0.367 e. The molecule has 0 radical (unpaired) electrons. The van der Waals surface area contributed by atoms with Gasteiger partial charge in [-0.2, -0.15) is 0 Å². The summed E-state index contributed by atoms with van der Waals surface area (Å²) in [7, 11) is 0. The topological polar surface area (TPSA) is 38.3 Å². The van der Waals surface area contributed by atoms with E-state index in [0.717, 1.165) is 22.1 Å². The average Bonchev–Trinajstić information content (AvgIpc) is 2.33. The Balaban J connectivity index is 2.16. The molecule has 1 heterocycles. The van der Waals surface area contributed by atoms with E-state index in [9.17, 15) is 4.79 Å². The summed E-state index contributed by atoms with van der Waals surface area (Å²) in [4.78, 5) is 12.1. The Morgan fingerprint density at radius 1 is 1.56 bits per heavy atom. The second kappa shape index (κ2) is 5.08. The largest absolute Gasteiger partial charge is 0.367 e. The van der Waals surface area contributed by atoms with Crippen LogP contribution in [0.3, 0.4) is 0 Å². The van der Waals surface area contributed by atoms with Crippen LogP contribution in [0.5, 0.6) is 0 Å². The normalized spacial score (nSPS) is 20.8. The highest BCUT2D eigenvalue weighted by atomic mass is 79.9. The molecule has 2 rings (SSSR count). The fraction of sp³-hybridized carbons (Fsp3) is 0.417. The molecule has 3 nitrogen and oxygen atoms in total. The Bertz CT molecular complexity index is 400. The quantitative estimate of drug-likeness (QED) is 0.843. The van der Waals surface area contributed by atoms with Gasteiger partial charge in [0, 0.05) is 23.1 Å². The van der Waals surface area contributed by atoms with Crippen LogP contribution in [0.25, 0.3) is 0 Å². The summed E-state index contributed by atoms with van der Waals surface area (Å²) in [5.41, 5.74) is 1.78. The molecule has 0 saturated carbocycles. The first-order valence-corrected chi connectivity index (χ1v) is 6.10. The summed E-state index contributed by atoms with van der Waals surface area (Å²) in [6, 6.07) is 5.63. The minimum absolute atomic E-state index is 0.0581. The van der Waals surface area contributed by atoms with Crippen molar-refractivity contribution in [2.45, 2.75) is 13.0 Å². The van der Waals surface area contributed by atoms with Gasteiger partial charge in [0.25, 0.3) is 0 Å². The molecule has 0 aromatic heterocycles. The Morgan fingerprint density at radius 3 is 3.00 bits per heavy atom. The van der Waals surface area contributed by atoms with Crippen molar-refractivity contribution in [1.29, 1.82) is 0 Å². The van der Waals surface area contributed by atoms with Crippen LogP contribution in [0.1, 0.15) is 15.9 Å². The number of halogens is 1. The van der Waals surface area contributed by atoms with Gasteiger partial charge >= 0.3 is 0 Å². The van der Waals surface area contributed by atoms with Crippen LogP contribution in [0.2, 0.25) is 0 Å². The van der Waals surface area contributed by atoms with E-state index in [1.165, 1.54) is 0 Å². The maximum Gasteiger partial charge on any atom is 0.192 e. The molecule has 1 aliphatic heterocycles. The molecule has 1 aliphatic rings. The van der Waals surface area contributed by atoms with E-state index in [4.69, 9.17) is 4.74 Å². The molecule has 1 saturated heterocycles. The number of Topliss-reactive ketones (excluding diaryl/α,β-unsaturated/α-hetero) is 1. The highest BCUT2D eigenvalue weighted by molar-refractivity contribution is 9.10. The molecule has 0 unspecified atom stereocenters. The molecule has 0 aliphatic carbocycles. The van der Waals surface area contributed by atoms with Crippen molar-refractivity contribution in [2.24, 2.45) is 0 Å². The van der Waals surface area contributed by atoms with Gasteiger partial charge < -0.3 is 10.1 Å². The van der Waals surface area contributed by atoms with Gasteiger partial charge in [-0.25, -0.2) is 0 Å². The van der Waals surface area contributed by atoms with E-state index in [0.29, 0.717) is 13.2 Å². The highest BCUT2D eigenvalue weighted by Gasteiger charge is 2.23. The first kappa shape index (κ1) is 11.8. The van der Waals surface area contributed by atoms with Gasteiger partial charge in [0.05, 0.1) is 6.61 Å². The number of nitrogens with one attached hydrogen (secondary N) is 1. The van der Waals surface area contributed by atoms with E-state index >= 15 is 0 Å². The number of benzene rings is 1. The van der Waals surface area contributed by atoms with Crippen LogP contribution < -0.4 is 5.32 Å². The lowest BCUT2D eigenvalue weighted by molar-refractivity contribution is 0.0269. The number of carbonyl (C=O) groups is 1. The van der Waals surface area contributed by atoms with Crippen molar-refractivity contribution in [3.05, 3.63) is 33.8 Å². The Morgan fingerprint density at radius 2 is 2.38 bits per heavy atom. The molecule has 1 N–H and O–H groups in total. The standard InChI is InChI=1S/C12H14BrNO2/c1-8-6-9(2-3-10(8)13)12(15)11-7-14-4-5-16-11/h2-3,6,11,14H,4-5,7H2,1H3/t11-/m1/s1. The van der Waals surface area contributed by atoms with E-state index < -0.39 is 0 Å². The summed E-state index contributed by atoms with van der Waals surface area (Å²) >= 11 is 3.42. The van der Waals surface area contributed by atoms with E-state index in [1.54, 1.807) is 0 Å². The van der Waals surface area contributed by atoms with Crippen molar-refractivity contribution >= 4 is 21.7 Å². The zero-order valence-electron chi connectivity index (χ0n) is 9.13. The van der Waals surface area contributed by atoms with Gasteiger partial charge in [-0.1, -0.05) is 22.0 Å². The van der Waals surface area contributed by atoms with Crippen LogP contribution in [0, 0.1) is 6.92 Å². The van der Waals surface area contributed by atoms with Crippen LogP contribution in [0.4, 0.5) is 0 Å². The summed E-state index contributed by atoms with van der Waals surface area (Å²) in [5.74, 6) is 0.0581. The molecule has 16 heavy (non-hydrogen) atoms. The Hall–Kier alpha value is -0.710. The number of rotatable bonds is 2. The molecule has 0 bridgehead atoms. The first-order valence-electron chi connectivity index (χ1n) is 5.31. The summed E-state index contributed by atoms with van der Waals surface area (Å²) in [5, 5.41) is 3.16. The zero-order valence-corrected chi connectivity index (χ0v) is 10.7. The monoisotopic (exact) mass is 283 g/mol. The lowest BCUT2D eigenvalue weighted by Crippen LogP contribution is -2.43. The summed E-state index contributed by atoms with van der Waals surface area (Å²) < 4.78 is 6.46. The lowest BCUT2D eigenvalue weighted by Gasteiger charge is -2.22. The van der Waals surface area contributed by atoms with Gasteiger partial charge in [0.2, 0.25) is 0 Å². The third-order valence-electron chi connectivity index (χ3n) is 2.66. The molecule has 1 fully saturated rings. The fourth-order valence-electron chi connectivity index (χ4n) is 1.72. The molecule has 86 valence electrons. The molecule has 4 heteroatoms. The number of aryl methyl sites for hydroxylation is 1. The van der Waals surface area contributed by atoms with Crippen molar-refractivity contribution in [3.63, 3.8) is 0 Å². The van der Waals surface area contributed by atoms with E-state index in [-0.39, 0.29) is 11.9 Å². The maximum atomic E-state index is 12.1. The van der Waals surface area contributed by atoms with Crippen LogP contribution in [0.15, 0.2) is 22.7 Å². The van der Waals surface area contributed by atoms with Crippen molar-refractivity contribution in [3.8, 4) is 0 Å². The molecule has 1 aromatic carbocycles. The molecule has 0 amide bonds. The summed E-state index contributed by atoms with van der Waals surface area (Å²) in [6.45, 7) is 4.00. The third kappa shape index (κ3) is 2.51. The second-order valence-electron chi connectivity index (χ2n) is 3.89. The van der Waals surface area contributed by atoms with Crippen LogP contribution in [-0.4, -0.2) is 31.6 Å². The van der Waals surface area contributed by atoms with Gasteiger partial charge in [-0.3, -0.25) is 4.79 Å². The van der Waals surface area contributed by atoms with E-state index in [1.807, 2.05) is 25.1 Å². The minimum atomic E-state index is -0.339. The Kier molecular flexibility index (Phi) is 3.74. The first-order chi connectivity index (χ1) is 7.68. The summed E-state index contributed by atoms with van der Waals surface area (Å²) in [6.07, 6.45) is -0.339. The number of morpholine rings is 1. The van der Waals surface area contributed by atoms with Crippen molar-refractivity contribution in [2.75, 3.05) is 19.7 Å². The molecular formula is C12H14BrNO2.